The minimum Gasteiger partial charge on any atom is -0.457 e. The molecule has 0 aliphatic carbocycles. The van der Waals surface area contributed by atoms with E-state index in [1.54, 1.807) is 42.5 Å². The molecule has 0 aliphatic heterocycles. The second-order valence-electron chi connectivity index (χ2n) is 5.93. The van der Waals surface area contributed by atoms with Gasteiger partial charge < -0.3 is 10.1 Å². The smallest absolute Gasteiger partial charge is 0.242 e. The van der Waals surface area contributed by atoms with Gasteiger partial charge in [0.15, 0.2) is 9.84 Å². The second-order valence-corrected chi connectivity index (χ2v) is 8.20. The van der Waals surface area contributed by atoms with E-state index in [1.165, 1.54) is 19.1 Å². The molecule has 1 amide bonds. The van der Waals surface area contributed by atoms with E-state index in [0.29, 0.717) is 17.2 Å². The lowest BCUT2D eigenvalue weighted by Crippen LogP contribution is -2.32. The molecule has 27 heavy (non-hydrogen) atoms. The van der Waals surface area contributed by atoms with Crippen LogP contribution in [0.4, 0.5) is 5.69 Å². The second kappa shape index (κ2) is 8.05. The van der Waals surface area contributed by atoms with Crippen LogP contribution >= 0.6 is 0 Å². The third kappa shape index (κ3) is 4.54. The minimum atomic E-state index is -3.74. The molecule has 3 aromatic rings. The average Bonchev–Trinajstić information content (AvgIpc) is 2.70. The largest absolute Gasteiger partial charge is 0.457 e. The van der Waals surface area contributed by atoms with Gasteiger partial charge in [-0.2, -0.15) is 0 Å². The van der Waals surface area contributed by atoms with E-state index in [1.807, 2.05) is 30.3 Å². The number of carbonyl (C=O) groups excluding carboxylic acids is 1. The van der Waals surface area contributed by atoms with E-state index in [2.05, 4.69) is 5.32 Å². The van der Waals surface area contributed by atoms with Gasteiger partial charge in [0.1, 0.15) is 16.7 Å². The van der Waals surface area contributed by atoms with Gasteiger partial charge in [0.25, 0.3) is 0 Å². The van der Waals surface area contributed by atoms with E-state index < -0.39 is 21.0 Å². The van der Waals surface area contributed by atoms with E-state index in [-0.39, 0.29) is 4.90 Å². The third-order valence-electron chi connectivity index (χ3n) is 4.01. The van der Waals surface area contributed by atoms with Crippen LogP contribution in [0.1, 0.15) is 6.92 Å². The van der Waals surface area contributed by atoms with Crippen LogP contribution in [-0.4, -0.2) is 19.6 Å². The van der Waals surface area contributed by atoms with Gasteiger partial charge in [-0.1, -0.05) is 36.4 Å². The maximum Gasteiger partial charge on any atom is 0.242 e. The van der Waals surface area contributed by atoms with Crippen LogP contribution in [0.15, 0.2) is 89.8 Å². The molecule has 0 heterocycles. The number of hydrogen-bond acceptors (Lipinski definition) is 4. The lowest BCUT2D eigenvalue weighted by molar-refractivity contribution is -0.115. The molecule has 138 valence electrons. The first-order chi connectivity index (χ1) is 13.0. The van der Waals surface area contributed by atoms with Crippen molar-refractivity contribution in [2.75, 3.05) is 5.32 Å². The first-order valence-electron chi connectivity index (χ1n) is 8.39. The van der Waals surface area contributed by atoms with Crippen LogP contribution in [0.3, 0.4) is 0 Å². The summed E-state index contributed by atoms with van der Waals surface area (Å²) in [5.74, 6) is 0.733. The van der Waals surface area contributed by atoms with Crippen molar-refractivity contribution in [2.45, 2.75) is 17.1 Å². The zero-order chi connectivity index (χ0) is 19.3. The predicted molar refractivity (Wildman–Crippen MR) is 105 cm³/mol. The van der Waals surface area contributed by atoms with Crippen molar-refractivity contribution in [3.8, 4) is 11.5 Å². The van der Waals surface area contributed by atoms with Gasteiger partial charge in [0.2, 0.25) is 5.91 Å². The number of amides is 1. The maximum absolute atomic E-state index is 12.5. The number of hydrogen-bond donors (Lipinski definition) is 1. The van der Waals surface area contributed by atoms with Crippen molar-refractivity contribution >= 4 is 21.4 Å². The van der Waals surface area contributed by atoms with Crippen molar-refractivity contribution in [1.29, 1.82) is 0 Å². The Morgan fingerprint density at radius 3 is 1.93 bits per heavy atom. The zero-order valence-electron chi connectivity index (χ0n) is 14.7. The van der Waals surface area contributed by atoms with Crippen LogP contribution in [-0.2, 0) is 14.6 Å². The van der Waals surface area contributed by atoms with Crippen LogP contribution in [0.2, 0.25) is 0 Å². The summed E-state index contributed by atoms with van der Waals surface area (Å²) in [6, 6.07) is 24.0. The number of rotatable bonds is 6. The van der Waals surface area contributed by atoms with E-state index >= 15 is 0 Å². The third-order valence-corrected chi connectivity index (χ3v) is 6.08. The van der Waals surface area contributed by atoms with Gasteiger partial charge in [-0.15, -0.1) is 0 Å². The Labute approximate surface area is 158 Å². The summed E-state index contributed by atoms with van der Waals surface area (Å²) in [5.41, 5.74) is 0.496. The molecule has 6 heteroatoms. The SMILES string of the molecule is CC(C(=O)Nc1ccc(Oc2ccccc2)cc1)S(=O)(=O)c1ccccc1. The van der Waals surface area contributed by atoms with Crippen LogP contribution in [0.25, 0.3) is 0 Å². The van der Waals surface area contributed by atoms with Gasteiger partial charge in [-0.05, 0) is 55.5 Å². The summed E-state index contributed by atoms with van der Waals surface area (Å²) < 4.78 is 30.8. The minimum absolute atomic E-state index is 0.124. The first kappa shape index (κ1) is 18.7. The molecular weight excluding hydrogens is 362 g/mol. The summed E-state index contributed by atoms with van der Waals surface area (Å²) >= 11 is 0. The fourth-order valence-electron chi connectivity index (χ4n) is 2.43. The molecule has 0 fully saturated rings. The number of sulfone groups is 1. The van der Waals surface area contributed by atoms with Crippen LogP contribution in [0, 0.1) is 0 Å². The summed E-state index contributed by atoms with van der Waals surface area (Å²) in [4.78, 5) is 12.5. The molecule has 0 spiro atoms. The van der Waals surface area contributed by atoms with Crippen LogP contribution < -0.4 is 10.1 Å². The molecule has 1 N–H and O–H groups in total. The Morgan fingerprint density at radius 2 is 1.33 bits per heavy atom. The maximum atomic E-state index is 12.5. The molecular formula is C21H19NO4S. The molecule has 0 bridgehead atoms. The van der Waals surface area contributed by atoms with Gasteiger partial charge >= 0.3 is 0 Å². The summed E-state index contributed by atoms with van der Waals surface area (Å²) in [6.07, 6.45) is 0. The zero-order valence-corrected chi connectivity index (χ0v) is 15.5. The summed E-state index contributed by atoms with van der Waals surface area (Å²) in [7, 11) is -3.74. The Balaban J connectivity index is 1.67. The van der Waals surface area contributed by atoms with Crippen molar-refractivity contribution in [2.24, 2.45) is 0 Å². The van der Waals surface area contributed by atoms with Crippen molar-refractivity contribution in [3.63, 3.8) is 0 Å². The van der Waals surface area contributed by atoms with Crippen molar-refractivity contribution in [1.82, 2.24) is 0 Å². The number of ether oxygens (including phenoxy) is 1. The highest BCUT2D eigenvalue weighted by atomic mass is 32.2. The molecule has 3 aromatic carbocycles. The number of anilines is 1. The highest BCUT2D eigenvalue weighted by Crippen LogP contribution is 2.23. The summed E-state index contributed by atoms with van der Waals surface area (Å²) in [6.45, 7) is 1.38. The number of nitrogens with one attached hydrogen (secondary N) is 1. The number of para-hydroxylation sites is 1. The molecule has 0 saturated heterocycles. The monoisotopic (exact) mass is 381 g/mol. The van der Waals surface area contributed by atoms with Gasteiger partial charge in [0.05, 0.1) is 4.90 Å². The molecule has 3 rings (SSSR count). The average molecular weight is 381 g/mol. The molecule has 1 unspecified atom stereocenters. The standard InChI is InChI=1S/C21H19NO4S/c1-16(27(24,25)20-10-6-3-7-11-20)21(23)22-17-12-14-19(15-13-17)26-18-8-4-2-5-9-18/h2-16H,1H3,(H,22,23). The topological polar surface area (TPSA) is 72.5 Å². The fraction of sp³-hybridized carbons (Fsp3) is 0.0952. The fourth-order valence-corrected chi connectivity index (χ4v) is 3.72. The molecule has 1 atom stereocenters. The van der Waals surface area contributed by atoms with E-state index in [0.717, 1.165) is 0 Å². The Hall–Kier alpha value is -3.12. The molecule has 0 aliphatic rings. The van der Waals surface area contributed by atoms with Crippen molar-refractivity contribution in [3.05, 3.63) is 84.9 Å². The number of benzene rings is 3. The van der Waals surface area contributed by atoms with Crippen molar-refractivity contribution < 1.29 is 17.9 Å². The quantitative estimate of drug-likeness (QED) is 0.692. The van der Waals surface area contributed by atoms with E-state index in [4.69, 9.17) is 4.74 Å². The van der Waals surface area contributed by atoms with Gasteiger partial charge in [0, 0.05) is 5.69 Å². The predicted octanol–water partition coefficient (Wildman–Crippen LogP) is 4.28. The van der Waals surface area contributed by atoms with Crippen LogP contribution in [0.5, 0.6) is 11.5 Å². The van der Waals surface area contributed by atoms with Gasteiger partial charge in [-0.3, -0.25) is 4.79 Å². The molecule has 0 saturated carbocycles. The molecule has 0 radical (unpaired) electrons. The first-order valence-corrected chi connectivity index (χ1v) is 9.94. The summed E-state index contributed by atoms with van der Waals surface area (Å²) in [5, 5.41) is 1.43. The normalized spacial score (nSPS) is 12.2. The Kier molecular flexibility index (Phi) is 5.57. The lowest BCUT2D eigenvalue weighted by Gasteiger charge is -2.14. The Bertz CT molecular complexity index is 1000. The Morgan fingerprint density at radius 1 is 0.815 bits per heavy atom. The van der Waals surface area contributed by atoms with E-state index in [9.17, 15) is 13.2 Å². The number of carbonyl (C=O) groups is 1. The van der Waals surface area contributed by atoms with Gasteiger partial charge in [-0.25, -0.2) is 8.42 Å². The molecule has 0 aromatic heterocycles. The highest BCUT2D eigenvalue weighted by Gasteiger charge is 2.29. The molecule has 5 nitrogen and oxygen atoms in total. The highest BCUT2D eigenvalue weighted by molar-refractivity contribution is 7.92. The lowest BCUT2D eigenvalue weighted by atomic mass is 10.3.